The summed E-state index contributed by atoms with van der Waals surface area (Å²) in [5.74, 6) is 0.693. The van der Waals surface area contributed by atoms with Crippen LogP contribution >= 0.6 is 27.5 Å². The molecule has 2 heterocycles. The summed E-state index contributed by atoms with van der Waals surface area (Å²) in [5, 5.41) is 0.763. The van der Waals surface area contributed by atoms with Crippen LogP contribution in [-0.2, 0) is 11.2 Å². The zero-order valence-corrected chi connectivity index (χ0v) is 11.4. The maximum atomic E-state index is 6.10. The predicted molar refractivity (Wildman–Crippen MR) is 69.2 cm³/mol. The van der Waals surface area contributed by atoms with Crippen molar-refractivity contribution >= 4 is 27.5 Å². The van der Waals surface area contributed by atoms with E-state index in [2.05, 4.69) is 20.9 Å². The minimum absolute atomic E-state index is 0.483. The lowest BCUT2D eigenvalue weighted by atomic mass is 9.93. The molecule has 0 radical (unpaired) electrons. The van der Waals surface area contributed by atoms with Crippen molar-refractivity contribution in [1.29, 1.82) is 0 Å². The standard InChI is InChI=1S/C12H15BrClNO/c13-11(9-2-5-16-6-3-9)7-10-1-4-15-8-12(10)14/h1,4,8-9,11H,2-3,5-7H2. The van der Waals surface area contributed by atoms with Gasteiger partial charge in [0.25, 0.3) is 0 Å². The van der Waals surface area contributed by atoms with Crippen molar-refractivity contribution in [3.8, 4) is 0 Å². The molecule has 0 N–H and O–H groups in total. The Morgan fingerprint density at radius 3 is 2.94 bits per heavy atom. The first-order valence-electron chi connectivity index (χ1n) is 5.57. The highest BCUT2D eigenvalue weighted by atomic mass is 79.9. The molecule has 16 heavy (non-hydrogen) atoms. The molecule has 2 rings (SSSR count). The van der Waals surface area contributed by atoms with Crippen molar-refractivity contribution in [2.24, 2.45) is 5.92 Å². The van der Waals surface area contributed by atoms with Crippen LogP contribution < -0.4 is 0 Å². The lowest BCUT2D eigenvalue weighted by Crippen LogP contribution is -2.25. The molecule has 1 aliphatic rings. The van der Waals surface area contributed by atoms with Gasteiger partial charge in [-0.3, -0.25) is 4.98 Å². The largest absolute Gasteiger partial charge is 0.381 e. The van der Waals surface area contributed by atoms with Crippen LogP contribution in [0.5, 0.6) is 0 Å². The second kappa shape index (κ2) is 5.99. The van der Waals surface area contributed by atoms with Crippen LogP contribution in [0, 0.1) is 5.92 Å². The summed E-state index contributed by atoms with van der Waals surface area (Å²) in [7, 11) is 0. The summed E-state index contributed by atoms with van der Waals surface area (Å²) < 4.78 is 5.37. The molecule has 2 nitrogen and oxygen atoms in total. The molecule has 1 atom stereocenters. The van der Waals surface area contributed by atoms with Gasteiger partial charge in [-0.2, -0.15) is 0 Å². The minimum atomic E-state index is 0.483. The summed E-state index contributed by atoms with van der Waals surface area (Å²) in [6.07, 6.45) is 6.74. The monoisotopic (exact) mass is 303 g/mol. The number of halogens is 2. The summed E-state index contributed by atoms with van der Waals surface area (Å²) in [6.45, 7) is 1.77. The number of rotatable bonds is 3. The number of nitrogens with zero attached hydrogens (tertiary/aromatic N) is 1. The number of pyridine rings is 1. The molecule has 1 aliphatic heterocycles. The van der Waals surface area contributed by atoms with E-state index in [0.29, 0.717) is 10.7 Å². The highest BCUT2D eigenvalue weighted by molar-refractivity contribution is 9.09. The van der Waals surface area contributed by atoms with Crippen LogP contribution in [0.1, 0.15) is 18.4 Å². The second-order valence-corrected chi connectivity index (χ2v) is 5.72. The zero-order valence-electron chi connectivity index (χ0n) is 9.03. The number of hydrogen-bond donors (Lipinski definition) is 0. The van der Waals surface area contributed by atoms with E-state index in [-0.39, 0.29) is 0 Å². The SMILES string of the molecule is Clc1cnccc1CC(Br)C1CCOCC1. The molecule has 1 unspecified atom stereocenters. The first kappa shape index (κ1) is 12.3. The molecule has 1 saturated heterocycles. The molecular weight excluding hydrogens is 289 g/mol. The van der Waals surface area contributed by atoms with E-state index in [4.69, 9.17) is 16.3 Å². The van der Waals surface area contributed by atoms with E-state index in [0.717, 1.165) is 37.5 Å². The van der Waals surface area contributed by atoms with E-state index in [1.807, 2.05) is 6.07 Å². The number of alkyl halides is 1. The zero-order chi connectivity index (χ0) is 11.4. The van der Waals surface area contributed by atoms with Crippen molar-refractivity contribution in [2.45, 2.75) is 24.1 Å². The normalized spacial score (nSPS) is 19.6. The van der Waals surface area contributed by atoms with Crippen molar-refractivity contribution < 1.29 is 4.74 Å². The number of hydrogen-bond acceptors (Lipinski definition) is 2. The van der Waals surface area contributed by atoms with Crippen molar-refractivity contribution in [2.75, 3.05) is 13.2 Å². The maximum absolute atomic E-state index is 6.10. The van der Waals surface area contributed by atoms with Crippen molar-refractivity contribution in [3.63, 3.8) is 0 Å². The van der Waals surface area contributed by atoms with Crippen molar-refractivity contribution in [1.82, 2.24) is 4.98 Å². The van der Waals surface area contributed by atoms with Gasteiger partial charge >= 0.3 is 0 Å². The Labute approximate surface area is 109 Å². The van der Waals surface area contributed by atoms with Gasteiger partial charge < -0.3 is 4.74 Å². The molecule has 0 saturated carbocycles. The molecule has 0 spiro atoms. The third-order valence-corrected chi connectivity index (χ3v) is 4.46. The van der Waals surface area contributed by atoms with E-state index >= 15 is 0 Å². The van der Waals surface area contributed by atoms with Gasteiger partial charge in [0, 0.05) is 30.4 Å². The number of aromatic nitrogens is 1. The quantitative estimate of drug-likeness (QED) is 0.798. The molecular formula is C12H15BrClNO. The van der Waals surface area contributed by atoms with Gasteiger partial charge in [-0.25, -0.2) is 0 Å². The summed E-state index contributed by atoms with van der Waals surface area (Å²) in [5.41, 5.74) is 1.17. The molecule has 1 aromatic rings. The van der Waals surface area contributed by atoms with E-state index in [1.54, 1.807) is 12.4 Å². The van der Waals surface area contributed by atoms with E-state index in [9.17, 15) is 0 Å². The molecule has 0 aromatic carbocycles. The Morgan fingerprint density at radius 1 is 1.50 bits per heavy atom. The first-order chi connectivity index (χ1) is 7.77. The van der Waals surface area contributed by atoms with Crippen LogP contribution in [0.4, 0.5) is 0 Å². The van der Waals surface area contributed by atoms with Gasteiger partial charge in [0.1, 0.15) is 0 Å². The average molecular weight is 305 g/mol. The molecule has 4 heteroatoms. The maximum Gasteiger partial charge on any atom is 0.0621 e. The molecule has 0 amide bonds. The topological polar surface area (TPSA) is 22.1 Å². The van der Waals surface area contributed by atoms with Crippen LogP contribution in [0.2, 0.25) is 5.02 Å². The van der Waals surface area contributed by atoms with Crippen molar-refractivity contribution in [3.05, 3.63) is 29.0 Å². The van der Waals surface area contributed by atoms with E-state index in [1.165, 1.54) is 5.56 Å². The third-order valence-electron chi connectivity index (χ3n) is 3.05. The Hall–Kier alpha value is -0.120. The molecule has 88 valence electrons. The van der Waals surface area contributed by atoms with Crippen LogP contribution in [0.15, 0.2) is 18.5 Å². The third kappa shape index (κ3) is 3.19. The highest BCUT2D eigenvalue weighted by Crippen LogP contribution is 2.28. The lowest BCUT2D eigenvalue weighted by molar-refractivity contribution is 0.0662. The summed E-state index contributed by atoms with van der Waals surface area (Å²) in [4.78, 5) is 4.48. The van der Waals surface area contributed by atoms with Crippen LogP contribution in [0.3, 0.4) is 0 Å². The van der Waals surface area contributed by atoms with Gasteiger partial charge in [-0.1, -0.05) is 27.5 Å². The van der Waals surface area contributed by atoms with Gasteiger partial charge in [0.15, 0.2) is 0 Å². The molecule has 0 bridgehead atoms. The Balaban J connectivity index is 1.96. The fourth-order valence-corrected chi connectivity index (χ4v) is 3.10. The average Bonchev–Trinajstić information content (AvgIpc) is 2.33. The lowest BCUT2D eigenvalue weighted by Gasteiger charge is -2.26. The fourth-order valence-electron chi connectivity index (χ4n) is 2.02. The van der Waals surface area contributed by atoms with Gasteiger partial charge in [-0.15, -0.1) is 0 Å². The van der Waals surface area contributed by atoms with Gasteiger partial charge in [-0.05, 0) is 36.8 Å². The summed E-state index contributed by atoms with van der Waals surface area (Å²) in [6, 6.07) is 2.00. The smallest absolute Gasteiger partial charge is 0.0621 e. The van der Waals surface area contributed by atoms with Gasteiger partial charge in [0.2, 0.25) is 0 Å². The molecule has 1 fully saturated rings. The molecule has 1 aromatic heterocycles. The molecule has 0 aliphatic carbocycles. The minimum Gasteiger partial charge on any atom is -0.381 e. The predicted octanol–water partition coefficient (Wildman–Crippen LogP) is 3.47. The fraction of sp³-hybridized carbons (Fsp3) is 0.583. The Morgan fingerprint density at radius 2 is 2.25 bits per heavy atom. The Kier molecular flexibility index (Phi) is 4.62. The van der Waals surface area contributed by atoms with Crippen LogP contribution in [-0.4, -0.2) is 23.0 Å². The summed E-state index contributed by atoms with van der Waals surface area (Å²) >= 11 is 9.87. The Bertz CT molecular complexity index is 342. The first-order valence-corrected chi connectivity index (χ1v) is 6.87. The number of ether oxygens (including phenoxy) is 1. The van der Waals surface area contributed by atoms with Crippen LogP contribution in [0.25, 0.3) is 0 Å². The van der Waals surface area contributed by atoms with E-state index < -0.39 is 0 Å². The second-order valence-electron chi connectivity index (χ2n) is 4.14. The highest BCUT2D eigenvalue weighted by Gasteiger charge is 2.22. The van der Waals surface area contributed by atoms with Gasteiger partial charge in [0.05, 0.1) is 5.02 Å².